The molecule has 6 heteroatoms. The number of hydrogen-bond acceptors (Lipinski definition) is 4. The summed E-state index contributed by atoms with van der Waals surface area (Å²) in [6.45, 7) is 5.19. The van der Waals surface area contributed by atoms with Crippen LogP contribution in [0.1, 0.15) is 81.4 Å². The van der Waals surface area contributed by atoms with E-state index in [1.54, 1.807) is 6.92 Å². The fourth-order valence-corrected chi connectivity index (χ4v) is 5.14. The van der Waals surface area contributed by atoms with Gasteiger partial charge in [0.25, 0.3) is 5.56 Å². The van der Waals surface area contributed by atoms with Crippen molar-refractivity contribution >= 4 is 5.91 Å². The molecule has 0 spiro atoms. The van der Waals surface area contributed by atoms with E-state index < -0.39 is 0 Å². The largest absolute Gasteiger partial charge is 0.333 e. The fourth-order valence-electron chi connectivity index (χ4n) is 5.14. The molecule has 1 aromatic rings. The van der Waals surface area contributed by atoms with Crippen LogP contribution in [-0.4, -0.2) is 45.3 Å². The Morgan fingerprint density at radius 2 is 1.89 bits per heavy atom. The minimum absolute atomic E-state index is 0.00239. The smallest absolute Gasteiger partial charge is 0.255 e. The Hall–Kier alpha value is -1.69. The van der Waals surface area contributed by atoms with Crippen molar-refractivity contribution in [3.05, 3.63) is 27.4 Å². The lowest BCUT2D eigenvalue weighted by molar-refractivity contribution is -0.132. The summed E-state index contributed by atoms with van der Waals surface area (Å²) in [6.07, 6.45) is 10.6. The second-order valence-electron chi connectivity index (χ2n) is 8.59. The summed E-state index contributed by atoms with van der Waals surface area (Å²) in [5, 5.41) is 0. The van der Waals surface area contributed by atoms with E-state index in [1.165, 1.54) is 32.1 Å². The summed E-state index contributed by atoms with van der Waals surface area (Å²) < 4.78 is 0. The molecule has 4 rings (SSSR count). The first-order valence-corrected chi connectivity index (χ1v) is 10.7. The zero-order chi connectivity index (χ0) is 18.8. The Labute approximate surface area is 161 Å². The highest BCUT2D eigenvalue weighted by molar-refractivity contribution is 5.73. The van der Waals surface area contributed by atoms with E-state index in [4.69, 9.17) is 4.98 Å². The summed E-state index contributed by atoms with van der Waals surface area (Å²) in [4.78, 5) is 37.0. The molecule has 1 atom stereocenters. The number of nitrogens with one attached hydrogen (secondary N) is 1. The van der Waals surface area contributed by atoms with E-state index >= 15 is 0 Å². The summed E-state index contributed by atoms with van der Waals surface area (Å²) >= 11 is 0. The molecule has 0 radical (unpaired) electrons. The second-order valence-corrected chi connectivity index (χ2v) is 8.59. The average Bonchev–Trinajstić information content (AvgIpc) is 2.69. The molecule has 3 aliphatic rings. The van der Waals surface area contributed by atoms with Gasteiger partial charge in [-0.25, -0.2) is 4.98 Å². The molecule has 148 valence electrons. The van der Waals surface area contributed by atoms with E-state index in [2.05, 4.69) is 9.88 Å². The number of carbonyl (C=O) groups excluding carboxylic acids is 1. The van der Waals surface area contributed by atoms with Crippen LogP contribution in [0.2, 0.25) is 0 Å². The van der Waals surface area contributed by atoms with Crippen LogP contribution in [0.25, 0.3) is 0 Å². The lowest BCUT2D eigenvalue weighted by Gasteiger charge is -2.35. The van der Waals surface area contributed by atoms with Gasteiger partial charge in [0.2, 0.25) is 5.91 Å². The molecular formula is C21H32N4O2. The summed E-state index contributed by atoms with van der Waals surface area (Å²) in [7, 11) is 0. The maximum absolute atomic E-state index is 12.8. The van der Waals surface area contributed by atoms with Crippen molar-refractivity contribution in [2.24, 2.45) is 5.92 Å². The SMILES string of the molecule is CC(=O)N1CCCCC1c1nc2c(c(=O)[nH]1)CN(CC1CCCCC1)CC2. The number of hydrogen-bond donors (Lipinski definition) is 1. The molecule has 1 aliphatic carbocycles. The van der Waals surface area contributed by atoms with Crippen molar-refractivity contribution in [2.75, 3.05) is 19.6 Å². The zero-order valence-electron chi connectivity index (χ0n) is 16.5. The third-order valence-electron chi connectivity index (χ3n) is 6.63. The average molecular weight is 373 g/mol. The van der Waals surface area contributed by atoms with Gasteiger partial charge >= 0.3 is 0 Å². The second kappa shape index (κ2) is 8.13. The van der Waals surface area contributed by atoms with Crippen molar-refractivity contribution in [3.8, 4) is 0 Å². The van der Waals surface area contributed by atoms with Crippen LogP contribution in [0.15, 0.2) is 4.79 Å². The zero-order valence-corrected chi connectivity index (χ0v) is 16.5. The Kier molecular flexibility index (Phi) is 5.62. The Balaban J connectivity index is 1.51. The van der Waals surface area contributed by atoms with E-state index in [-0.39, 0.29) is 17.5 Å². The van der Waals surface area contributed by atoms with E-state index in [9.17, 15) is 9.59 Å². The van der Waals surface area contributed by atoms with Crippen LogP contribution in [0.3, 0.4) is 0 Å². The number of fused-ring (bicyclic) bond motifs is 1. The third-order valence-corrected chi connectivity index (χ3v) is 6.63. The summed E-state index contributed by atoms with van der Waals surface area (Å²) in [6, 6.07) is -0.0745. The molecule has 0 bridgehead atoms. The van der Waals surface area contributed by atoms with Crippen molar-refractivity contribution in [2.45, 2.75) is 77.3 Å². The molecule has 0 aromatic carbocycles. The number of piperidine rings is 1. The van der Waals surface area contributed by atoms with E-state index in [0.29, 0.717) is 5.82 Å². The maximum atomic E-state index is 12.8. The van der Waals surface area contributed by atoms with Gasteiger partial charge in [-0.2, -0.15) is 0 Å². The summed E-state index contributed by atoms with van der Waals surface area (Å²) in [5.74, 6) is 1.55. The molecular weight excluding hydrogens is 340 g/mol. The van der Waals surface area contributed by atoms with Gasteiger partial charge in [-0.3, -0.25) is 14.5 Å². The molecule has 1 aromatic heterocycles. The number of rotatable bonds is 3. The van der Waals surface area contributed by atoms with Crippen LogP contribution in [0.5, 0.6) is 0 Å². The van der Waals surface area contributed by atoms with Gasteiger partial charge in [0.15, 0.2) is 0 Å². The molecule has 2 aliphatic heterocycles. The molecule has 3 heterocycles. The van der Waals surface area contributed by atoms with Crippen LogP contribution in [0.4, 0.5) is 0 Å². The van der Waals surface area contributed by atoms with Crippen LogP contribution < -0.4 is 5.56 Å². The first kappa shape index (κ1) is 18.7. The Bertz CT molecular complexity index is 738. The topological polar surface area (TPSA) is 69.3 Å². The normalized spacial score (nSPS) is 24.6. The molecule has 27 heavy (non-hydrogen) atoms. The number of carbonyl (C=O) groups is 1. The number of aromatic amines is 1. The van der Waals surface area contributed by atoms with Gasteiger partial charge in [0, 0.05) is 39.5 Å². The summed E-state index contributed by atoms with van der Waals surface area (Å²) in [5.41, 5.74) is 1.78. The van der Waals surface area contributed by atoms with Gasteiger partial charge in [-0.1, -0.05) is 19.3 Å². The molecule has 1 unspecified atom stereocenters. The first-order chi connectivity index (χ1) is 13.1. The predicted molar refractivity (Wildman–Crippen MR) is 104 cm³/mol. The number of likely N-dealkylation sites (tertiary alicyclic amines) is 1. The Morgan fingerprint density at radius 3 is 2.67 bits per heavy atom. The molecule has 1 saturated carbocycles. The highest BCUT2D eigenvalue weighted by atomic mass is 16.2. The fraction of sp³-hybridized carbons (Fsp3) is 0.762. The van der Waals surface area contributed by atoms with E-state index in [1.807, 2.05) is 4.90 Å². The van der Waals surface area contributed by atoms with Crippen molar-refractivity contribution in [1.29, 1.82) is 0 Å². The molecule has 1 amide bonds. The van der Waals surface area contributed by atoms with Crippen LogP contribution in [0, 0.1) is 5.92 Å². The lowest BCUT2D eigenvalue weighted by Crippen LogP contribution is -2.41. The molecule has 6 nitrogen and oxygen atoms in total. The molecule has 2 fully saturated rings. The third kappa shape index (κ3) is 4.10. The predicted octanol–water partition coefficient (Wildman–Crippen LogP) is 2.78. The maximum Gasteiger partial charge on any atom is 0.255 e. The number of H-pyrrole nitrogens is 1. The highest BCUT2D eigenvalue weighted by Crippen LogP contribution is 2.30. The monoisotopic (exact) mass is 372 g/mol. The lowest BCUT2D eigenvalue weighted by atomic mass is 9.88. The number of nitrogens with zero attached hydrogens (tertiary/aromatic N) is 3. The molecule has 1 saturated heterocycles. The quantitative estimate of drug-likeness (QED) is 0.886. The number of aromatic nitrogens is 2. The van der Waals surface area contributed by atoms with E-state index in [0.717, 1.165) is 69.0 Å². The standard InChI is InChI=1S/C21H32N4O2/c1-15(26)25-11-6-5-9-19(25)20-22-18-10-12-24(14-17(18)21(27)23-20)13-16-7-3-2-4-8-16/h16,19H,2-14H2,1H3,(H,22,23,27). The highest BCUT2D eigenvalue weighted by Gasteiger charge is 2.30. The Morgan fingerprint density at radius 1 is 1.11 bits per heavy atom. The van der Waals surface area contributed by atoms with Crippen molar-refractivity contribution in [1.82, 2.24) is 19.8 Å². The number of amides is 1. The van der Waals surface area contributed by atoms with Crippen molar-refractivity contribution in [3.63, 3.8) is 0 Å². The van der Waals surface area contributed by atoms with Crippen LogP contribution >= 0.6 is 0 Å². The van der Waals surface area contributed by atoms with Gasteiger partial charge in [-0.15, -0.1) is 0 Å². The minimum Gasteiger partial charge on any atom is -0.333 e. The van der Waals surface area contributed by atoms with Gasteiger partial charge < -0.3 is 9.88 Å². The van der Waals surface area contributed by atoms with Gasteiger partial charge in [0.1, 0.15) is 5.82 Å². The minimum atomic E-state index is -0.0745. The van der Waals surface area contributed by atoms with Gasteiger partial charge in [-0.05, 0) is 38.0 Å². The first-order valence-electron chi connectivity index (χ1n) is 10.7. The molecule has 1 N–H and O–H groups in total. The van der Waals surface area contributed by atoms with Crippen LogP contribution in [-0.2, 0) is 17.8 Å². The van der Waals surface area contributed by atoms with Crippen molar-refractivity contribution < 1.29 is 4.79 Å². The van der Waals surface area contributed by atoms with Gasteiger partial charge in [0.05, 0.1) is 17.3 Å².